The summed E-state index contributed by atoms with van der Waals surface area (Å²) < 4.78 is 7.76. The van der Waals surface area contributed by atoms with Crippen LogP contribution in [0.4, 0.5) is 11.4 Å². The third-order valence-electron chi connectivity index (χ3n) is 6.18. The number of thiocarbonyl (C=S) groups is 1. The number of benzene rings is 1. The van der Waals surface area contributed by atoms with E-state index in [4.69, 9.17) is 17.0 Å². The van der Waals surface area contributed by atoms with Crippen molar-refractivity contribution in [3.63, 3.8) is 0 Å². The topological polar surface area (TPSA) is 84.3 Å². The van der Waals surface area contributed by atoms with Gasteiger partial charge in [-0.25, -0.2) is 0 Å². The van der Waals surface area contributed by atoms with Crippen molar-refractivity contribution in [2.45, 2.75) is 25.4 Å². The summed E-state index contributed by atoms with van der Waals surface area (Å²) in [5, 5.41) is 6.96. The third-order valence-corrected chi connectivity index (χ3v) is 6.50. The Hall–Kier alpha value is -4.24. The molecular formula is C27H26N6O2S. The van der Waals surface area contributed by atoms with Crippen LogP contribution in [0.2, 0.25) is 0 Å². The van der Waals surface area contributed by atoms with Crippen LogP contribution < -0.4 is 20.3 Å². The molecule has 4 aromatic rings. The van der Waals surface area contributed by atoms with E-state index in [2.05, 4.69) is 36.1 Å². The summed E-state index contributed by atoms with van der Waals surface area (Å²) in [6.07, 6.45) is 7.75. The minimum absolute atomic E-state index is 0.0809. The zero-order valence-electron chi connectivity index (χ0n) is 20.0. The number of hydrogen-bond acceptors (Lipinski definition) is 5. The molecule has 1 aliphatic heterocycles. The molecule has 1 saturated heterocycles. The summed E-state index contributed by atoms with van der Waals surface area (Å²) in [4.78, 5) is 22.9. The minimum atomic E-state index is -0.212. The van der Waals surface area contributed by atoms with Crippen LogP contribution in [-0.2, 0) is 4.79 Å². The van der Waals surface area contributed by atoms with Gasteiger partial charge in [-0.05, 0) is 60.7 Å². The predicted octanol–water partition coefficient (Wildman–Crippen LogP) is 4.80. The van der Waals surface area contributed by atoms with Crippen molar-refractivity contribution in [3.8, 4) is 11.4 Å². The molecule has 1 fully saturated rings. The lowest BCUT2D eigenvalue weighted by atomic mass is 10.0. The lowest BCUT2D eigenvalue weighted by molar-refractivity contribution is -0.115. The summed E-state index contributed by atoms with van der Waals surface area (Å²) in [7, 11) is 1.59. The molecule has 8 nitrogen and oxygen atoms in total. The van der Waals surface area contributed by atoms with Crippen LogP contribution in [0.5, 0.6) is 5.75 Å². The molecule has 3 aromatic heterocycles. The quantitative estimate of drug-likeness (QED) is 0.354. The number of anilines is 2. The summed E-state index contributed by atoms with van der Waals surface area (Å²) in [5.74, 6) is 0.476. The van der Waals surface area contributed by atoms with Crippen LogP contribution in [0, 0.1) is 0 Å². The molecule has 0 unspecified atom stereocenters. The van der Waals surface area contributed by atoms with E-state index in [1.165, 1.54) is 0 Å². The number of methoxy groups -OCH3 is 1. The second-order valence-electron chi connectivity index (χ2n) is 8.29. The number of amides is 1. The van der Waals surface area contributed by atoms with E-state index in [0.29, 0.717) is 23.0 Å². The molecular weight excluding hydrogens is 472 g/mol. The number of pyridine rings is 2. The molecule has 1 amide bonds. The molecule has 9 heteroatoms. The van der Waals surface area contributed by atoms with Gasteiger partial charge in [-0.2, -0.15) is 0 Å². The van der Waals surface area contributed by atoms with Crippen molar-refractivity contribution in [2.75, 3.05) is 17.3 Å². The van der Waals surface area contributed by atoms with Gasteiger partial charge in [0.15, 0.2) is 5.11 Å². The molecule has 182 valence electrons. The van der Waals surface area contributed by atoms with Gasteiger partial charge in [0, 0.05) is 54.3 Å². The Morgan fingerprint density at radius 2 is 1.92 bits per heavy atom. The Morgan fingerprint density at radius 3 is 2.64 bits per heavy atom. The summed E-state index contributed by atoms with van der Waals surface area (Å²) in [6.45, 7) is 1.81. The highest BCUT2D eigenvalue weighted by atomic mass is 32.1. The molecule has 0 spiro atoms. The van der Waals surface area contributed by atoms with Gasteiger partial charge < -0.3 is 24.8 Å². The highest BCUT2D eigenvalue weighted by molar-refractivity contribution is 7.80. The van der Waals surface area contributed by atoms with E-state index in [0.717, 1.165) is 22.8 Å². The molecule has 0 radical (unpaired) electrons. The van der Waals surface area contributed by atoms with Crippen molar-refractivity contribution in [1.82, 2.24) is 19.9 Å². The van der Waals surface area contributed by atoms with E-state index < -0.39 is 0 Å². The molecule has 5 rings (SSSR count). The van der Waals surface area contributed by atoms with Gasteiger partial charge in [0.2, 0.25) is 5.91 Å². The zero-order chi connectivity index (χ0) is 25.1. The first-order chi connectivity index (χ1) is 17.6. The monoisotopic (exact) mass is 498 g/mol. The standard InChI is InChI=1S/C27H26N6O2S/c1-3-24(34)30-20-10-9-19(17-23(20)35-2)33-26(25(31-27(33)36)21-7-4-5-13-29-21)22-8-6-16-32(22)18-11-14-28-15-12-18/h4-17,25-26H,3H2,1-2H3,(H,30,34)(H,31,36)/t25-,26-/m1/s1. The predicted molar refractivity (Wildman–Crippen MR) is 143 cm³/mol. The lowest BCUT2D eigenvalue weighted by Gasteiger charge is -2.29. The van der Waals surface area contributed by atoms with Gasteiger partial charge >= 0.3 is 0 Å². The Kier molecular flexibility index (Phi) is 6.64. The number of nitrogens with one attached hydrogen (secondary N) is 2. The van der Waals surface area contributed by atoms with E-state index in [-0.39, 0.29) is 18.0 Å². The maximum atomic E-state index is 12.0. The van der Waals surface area contributed by atoms with E-state index in [1.807, 2.05) is 67.7 Å². The van der Waals surface area contributed by atoms with Gasteiger partial charge in [0.25, 0.3) is 0 Å². The molecule has 0 aliphatic carbocycles. The van der Waals surface area contributed by atoms with Gasteiger partial charge in [-0.15, -0.1) is 0 Å². The molecule has 0 saturated carbocycles. The van der Waals surface area contributed by atoms with Crippen LogP contribution >= 0.6 is 12.2 Å². The Morgan fingerprint density at radius 1 is 1.08 bits per heavy atom. The van der Waals surface area contributed by atoms with Crippen molar-refractivity contribution in [3.05, 3.63) is 96.8 Å². The molecule has 36 heavy (non-hydrogen) atoms. The van der Waals surface area contributed by atoms with Crippen LogP contribution in [-0.4, -0.2) is 32.7 Å². The smallest absolute Gasteiger partial charge is 0.224 e. The fraction of sp³-hybridized carbons (Fsp3) is 0.185. The minimum Gasteiger partial charge on any atom is -0.494 e. The molecule has 4 heterocycles. The van der Waals surface area contributed by atoms with Crippen LogP contribution in [0.15, 0.2) is 85.5 Å². The Balaban J connectivity index is 1.62. The number of carbonyl (C=O) groups is 1. The Labute approximate surface area is 215 Å². The van der Waals surface area contributed by atoms with E-state index in [9.17, 15) is 4.79 Å². The number of nitrogens with zero attached hydrogens (tertiary/aromatic N) is 4. The van der Waals surface area contributed by atoms with Gasteiger partial charge in [0.1, 0.15) is 11.8 Å². The number of rotatable bonds is 7. The molecule has 2 N–H and O–H groups in total. The van der Waals surface area contributed by atoms with Gasteiger partial charge in [0.05, 0.1) is 24.5 Å². The maximum Gasteiger partial charge on any atom is 0.224 e. The fourth-order valence-corrected chi connectivity index (χ4v) is 4.83. The van der Waals surface area contributed by atoms with Crippen molar-refractivity contribution in [2.24, 2.45) is 0 Å². The van der Waals surface area contributed by atoms with Crippen LogP contribution in [0.1, 0.15) is 36.8 Å². The maximum absolute atomic E-state index is 12.0. The summed E-state index contributed by atoms with van der Waals surface area (Å²) in [5.41, 5.74) is 4.37. The largest absolute Gasteiger partial charge is 0.494 e. The number of aromatic nitrogens is 3. The third kappa shape index (κ3) is 4.40. The van der Waals surface area contributed by atoms with E-state index >= 15 is 0 Å². The average Bonchev–Trinajstić information content (AvgIpc) is 3.54. The van der Waals surface area contributed by atoms with Gasteiger partial charge in [-0.1, -0.05) is 13.0 Å². The first-order valence-electron chi connectivity index (χ1n) is 11.7. The molecule has 0 bridgehead atoms. The highest BCUT2D eigenvalue weighted by Crippen LogP contribution is 2.43. The SMILES string of the molecule is CCC(=O)Nc1ccc(N2C(=S)N[C@H](c3ccccn3)[C@H]2c2cccn2-c2ccncc2)cc1OC. The van der Waals surface area contributed by atoms with Gasteiger partial charge in [-0.3, -0.25) is 14.8 Å². The van der Waals surface area contributed by atoms with Crippen molar-refractivity contribution >= 4 is 34.6 Å². The highest BCUT2D eigenvalue weighted by Gasteiger charge is 2.42. The normalized spacial score (nSPS) is 17.1. The lowest BCUT2D eigenvalue weighted by Crippen LogP contribution is -2.30. The van der Waals surface area contributed by atoms with E-state index in [1.54, 1.807) is 25.7 Å². The zero-order valence-corrected chi connectivity index (χ0v) is 20.8. The second kappa shape index (κ2) is 10.2. The second-order valence-corrected chi connectivity index (χ2v) is 8.68. The Bertz CT molecular complexity index is 1380. The molecule has 1 aromatic carbocycles. The molecule has 1 aliphatic rings. The van der Waals surface area contributed by atoms with Crippen LogP contribution in [0.25, 0.3) is 5.69 Å². The first kappa shape index (κ1) is 23.5. The number of hydrogen-bond donors (Lipinski definition) is 2. The number of ether oxygens (including phenoxy) is 1. The van der Waals surface area contributed by atoms with Crippen molar-refractivity contribution in [1.29, 1.82) is 0 Å². The number of carbonyl (C=O) groups excluding carboxylic acids is 1. The summed E-state index contributed by atoms with van der Waals surface area (Å²) in [6, 6.07) is 19.2. The van der Waals surface area contributed by atoms with Crippen molar-refractivity contribution < 1.29 is 9.53 Å². The fourth-order valence-electron chi connectivity index (χ4n) is 4.48. The first-order valence-corrected chi connectivity index (χ1v) is 12.1. The van der Waals surface area contributed by atoms with Crippen LogP contribution in [0.3, 0.4) is 0 Å². The molecule has 2 atom stereocenters. The summed E-state index contributed by atoms with van der Waals surface area (Å²) >= 11 is 5.87. The average molecular weight is 499 g/mol.